The third-order valence-electron chi connectivity index (χ3n) is 3.72. The number of hydrogen-bond donors (Lipinski definition) is 0. The van der Waals surface area contributed by atoms with Crippen LogP contribution in [0.1, 0.15) is 17.3 Å². The molecular weight excluding hydrogens is 284 g/mol. The second-order valence-electron chi connectivity index (χ2n) is 5.18. The van der Waals surface area contributed by atoms with E-state index < -0.39 is 0 Å². The molecule has 3 aromatic rings. The van der Waals surface area contributed by atoms with Crippen LogP contribution < -0.4 is 0 Å². The van der Waals surface area contributed by atoms with Gasteiger partial charge in [0.25, 0.3) is 0 Å². The summed E-state index contributed by atoms with van der Waals surface area (Å²) in [6.07, 6.45) is 0. The number of hydrogen-bond acceptors (Lipinski definition) is 2. The summed E-state index contributed by atoms with van der Waals surface area (Å²) >= 11 is 0. The molecule has 0 unspecified atom stereocenters. The molecule has 0 aliphatic carbocycles. The molecule has 0 aliphatic rings. The predicted octanol–water partition coefficient (Wildman–Crippen LogP) is 5.20. The van der Waals surface area contributed by atoms with E-state index in [9.17, 15) is 4.79 Å². The smallest absolute Gasteiger partial charge is 0.338 e. The zero-order chi connectivity index (χ0) is 16.1. The van der Waals surface area contributed by atoms with Gasteiger partial charge in [-0.3, -0.25) is 0 Å². The van der Waals surface area contributed by atoms with E-state index in [0.29, 0.717) is 12.2 Å². The minimum absolute atomic E-state index is 0.286. The minimum atomic E-state index is -0.286. The van der Waals surface area contributed by atoms with Crippen molar-refractivity contribution in [2.24, 2.45) is 0 Å². The van der Waals surface area contributed by atoms with Crippen LogP contribution in [0.2, 0.25) is 0 Å². The van der Waals surface area contributed by atoms with Gasteiger partial charge < -0.3 is 4.74 Å². The van der Waals surface area contributed by atoms with Gasteiger partial charge in [0.1, 0.15) is 0 Å². The maximum absolute atomic E-state index is 12.3. The number of esters is 1. The Morgan fingerprint density at radius 2 is 1.30 bits per heavy atom. The molecule has 0 N–H and O–H groups in total. The van der Waals surface area contributed by atoms with Crippen molar-refractivity contribution in [3.05, 3.63) is 84.4 Å². The summed E-state index contributed by atoms with van der Waals surface area (Å²) in [5.41, 5.74) is 4.75. The highest BCUT2D eigenvalue weighted by molar-refractivity contribution is 5.99. The van der Waals surface area contributed by atoms with Crippen molar-refractivity contribution < 1.29 is 9.53 Å². The van der Waals surface area contributed by atoms with Crippen LogP contribution in [0.3, 0.4) is 0 Å². The minimum Gasteiger partial charge on any atom is -0.462 e. The summed E-state index contributed by atoms with van der Waals surface area (Å²) in [5, 5.41) is 0. The van der Waals surface area contributed by atoms with Crippen LogP contribution in [0, 0.1) is 0 Å². The maximum atomic E-state index is 12.3. The first-order valence-corrected chi connectivity index (χ1v) is 7.72. The van der Waals surface area contributed by atoms with Crippen molar-refractivity contribution in [2.75, 3.05) is 6.61 Å². The molecule has 3 aromatic carbocycles. The van der Waals surface area contributed by atoms with E-state index in [2.05, 4.69) is 18.2 Å². The fourth-order valence-electron chi connectivity index (χ4n) is 2.69. The van der Waals surface area contributed by atoms with E-state index in [1.54, 1.807) is 0 Å². The van der Waals surface area contributed by atoms with Crippen molar-refractivity contribution in [2.45, 2.75) is 6.92 Å². The fraction of sp³-hybridized carbons (Fsp3) is 0.0952. The van der Waals surface area contributed by atoms with E-state index >= 15 is 0 Å². The van der Waals surface area contributed by atoms with E-state index in [1.807, 2.05) is 67.6 Å². The van der Waals surface area contributed by atoms with Crippen LogP contribution in [0.15, 0.2) is 78.9 Å². The lowest BCUT2D eigenvalue weighted by atomic mass is 9.92. The lowest BCUT2D eigenvalue weighted by molar-refractivity contribution is 0.0527. The van der Waals surface area contributed by atoms with E-state index in [4.69, 9.17) is 4.74 Å². The summed E-state index contributed by atoms with van der Waals surface area (Å²) in [4.78, 5) is 12.3. The highest BCUT2D eigenvalue weighted by Gasteiger charge is 2.15. The monoisotopic (exact) mass is 302 g/mol. The van der Waals surface area contributed by atoms with Crippen molar-refractivity contribution in [1.82, 2.24) is 0 Å². The number of ether oxygens (including phenoxy) is 1. The van der Waals surface area contributed by atoms with Crippen LogP contribution in [-0.4, -0.2) is 12.6 Å². The molecule has 2 heteroatoms. The molecular formula is C21H18O2. The van der Waals surface area contributed by atoms with E-state index in [0.717, 1.165) is 22.3 Å². The molecule has 0 heterocycles. The van der Waals surface area contributed by atoms with Crippen LogP contribution in [0.5, 0.6) is 0 Å². The van der Waals surface area contributed by atoms with Gasteiger partial charge in [0.05, 0.1) is 12.2 Å². The fourth-order valence-corrected chi connectivity index (χ4v) is 2.69. The lowest BCUT2D eigenvalue weighted by Gasteiger charge is -2.13. The zero-order valence-corrected chi connectivity index (χ0v) is 13.0. The Morgan fingerprint density at radius 3 is 2.00 bits per heavy atom. The molecule has 0 spiro atoms. The summed E-state index contributed by atoms with van der Waals surface area (Å²) in [6, 6.07) is 25.9. The Balaban J connectivity index is 2.16. The van der Waals surface area contributed by atoms with Crippen LogP contribution in [-0.2, 0) is 4.74 Å². The van der Waals surface area contributed by atoms with Crippen LogP contribution >= 0.6 is 0 Å². The molecule has 0 aromatic heterocycles. The molecule has 0 bridgehead atoms. The molecule has 23 heavy (non-hydrogen) atoms. The van der Waals surface area contributed by atoms with Gasteiger partial charge in [0, 0.05) is 0 Å². The summed E-state index contributed by atoms with van der Waals surface area (Å²) < 4.78 is 5.20. The molecule has 0 atom stereocenters. The van der Waals surface area contributed by atoms with Crippen LogP contribution in [0.25, 0.3) is 22.3 Å². The molecule has 0 saturated carbocycles. The zero-order valence-electron chi connectivity index (χ0n) is 13.0. The van der Waals surface area contributed by atoms with Crippen molar-refractivity contribution in [1.29, 1.82) is 0 Å². The van der Waals surface area contributed by atoms with Crippen molar-refractivity contribution >= 4 is 5.97 Å². The number of benzene rings is 3. The Kier molecular flexibility index (Phi) is 4.53. The van der Waals surface area contributed by atoms with Gasteiger partial charge in [0.2, 0.25) is 0 Å². The second kappa shape index (κ2) is 6.93. The van der Waals surface area contributed by atoms with Gasteiger partial charge in [0.15, 0.2) is 0 Å². The van der Waals surface area contributed by atoms with E-state index in [1.165, 1.54) is 0 Å². The Hall–Kier alpha value is -2.87. The quantitative estimate of drug-likeness (QED) is 0.619. The number of rotatable bonds is 4. The van der Waals surface area contributed by atoms with Crippen molar-refractivity contribution in [3.63, 3.8) is 0 Å². The van der Waals surface area contributed by atoms with Gasteiger partial charge in [-0.05, 0) is 35.2 Å². The first-order valence-electron chi connectivity index (χ1n) is 7.72. The molecule has 0 fully saturated rings. The first kappa shape index (κ1) is 15.0. The molecule has 114 valence electrons. The Bertz CT molecular complexity index is 807. The molecule has 0 saturated heterocycles. The normalized spacial score (nSPS) is 10.3. The van der Waals surface area contributed by atoms with E-state index in [-0.39, 0.29) is 5.97 Å². The molecule has 3 rings (SSSR count). The molecule has 0 amide bonds. The number of carbonyl (C=O) groups is 1. The highest BCUT2D eigenvalue weighted by Crippen LogP contribution is 2.34. The maximum Gasteiger partial charge on any atom is 0.338 e. The Morgan fingerprint density at radius 1 is 0.739 bits per heavy atom. The largest absolute Gasteiger partial charge is 0.462 e. The van der Waals surface area contributed by atoms with Gasteiger partial charge in [-0.2, -0.15) is 0 Å². The summed E-state index contributed by atoms with van der Waals surface area (Å²) in [7, 11) is 0. The number of carbonyl (C=O) groups excluding carboxylic acids is 1. The summed E-state index contributed by atoms with van der Waals surface area (Å²) in [5.74, 6) is -0.286. The molecule has 0 radical (unpaired) electrons. The predicted molar refractivity (Wildman–Crippen MR) is 93.3 cm³/mol. The SMILES string of the molecule is CCOC(=O)c1ccccc1-c1ccccc1-c1ccccc1. The van der Waals surface area contributed by atoms with Gasteiger partial charge >= 0.3 is 5.97 Å². The third-order valence-corrected chi connectivity index (χ3v) is 3.72. The molecule has 0 aliphatic heterocycles. The van der Waals surface area contributed by atoms with Gasteiger partial charge in [-0.15, -0.1) is 0 Å². The molecule has 2 nitrogen and oxygen atoms in total. The van der Waals surface area contributed by atoms with Gasteiger partial charge in [-0.1, -0.05) is 72.8 Å². The lowest BCUT2D eigenvalue weighted by Crippen LogP contribution is -2.06. The Labute approximate surface area is 136 Å². The topological polar surface area (TPSA) is 26.3 Å². The van der Waals surface area contributed by atoms with Crippen molar-refractivity contribution in [3.8, 4) is 22.3 Å². The second-order valence-corrected chi connectivity index (χ2v) is 5.18. The van der Waals surface area contributed by atoms with Gasteiger partial charge in [-0.25, -0.2) is 4.79 Å². The standard InChI is InChI=1S/C21H18O2/c1-2-23-21(22)20-15-9-8-14-19(20)18-13-7-6-12-17(18)16-10-4-3-5-11-16/h3-15H,2H2,1H3. The van der Waals surface area contributed by atoms with Crippen LogP contribution in [0.4, 0.5) is 0 Å². The summed E-state index contributed by atoms with van der Waals surface area (Å²) in [6.45, 7) is 2.19. The highest BCUT2D eigenvalue weighted by atomic mass is 16.5. The average Bonchev–Trinajstić information content (AvgIpc) is 2.63. The first-order chi connectivity index (χ1) is 11.3. The average molecular weight is 302 g/mol. The third kappa shape index (κ3) is 3.16.